The van der Waals surface area contributed by atoms with Gasteiger partial charge in [0.05, 0.1) is 16.4 Å². The highest BCUT2D eigenvalue weighted by Crippen LogP contribution is 2.31. The van der Waals surface area contributed by atoms with E-state index in [0.29, 0.717) is 16.9 Å². The largest absolute Gasteiger partial charge is 0.480 e. The minimum absolute atomic E-state index is 0.0417. The molecular weight excluding hydrogens is 476 g/mol. The van der Waals surface area contributed by atoms with Crippen LogP contribution in [0.4, 0.5) is 11.4 Å². The molecule has 3 aromatic carbocycles. The highest BCUT2D eigenvalue weighted by Gasteiger charge is 2.41. The summed E-state index contributed by atoms with van der Waals surface area (Å²) in [5.41, 5.74) is 1.38. The Bertz CT molecular complexity index is 1250. The smallest absolute Gasteiger partial charge is 0.341 e. The molecule has 1 heterocycles. The maximum atomic E-state index is 13.5. The first kappa shape index (κ1) is 23.2. The number of ether oxygens (including phenoxy) is 1. The maximum Gasteiger partial charge on any atom is 0.341 e. The Labute approximate surface area is 205 Å². The Balaban J connectivity index is 1.77. The number of benzene rings is 3. The molecule has 9 heteroatoms. The number of para-hydroxylation sites is 2. The van der Waals surface area contributed by atoms with Crippen molar-refractivity contribution in [1.82, 2.24) is 0 Å². The van der Waals surface area contributed by atoms with Crippen LogP contribution in [0.25, 0.3) is 6.08 Å². The lowest BCUT2D eigenvalue weighted by atomic mass is 10.0. The molecule has 3 aromatic rings. The van der Waals surface area contributed by atoms with E-state index in [1.165, 1.54) is 28.0 Å². The van der Waals surface area contributed by atoms with Crippen molar-refractivity contribution in [1.29, 1.82) is 0 Å². The van der Waals surface area contributed by atoms with Crippen LogP contribution in [0.15, 0.2) is 84.4 Å². The lowest BCUT2D eigenvalue weighted by molar-refractivity contribution is -0.139. The zero-order valence-corrected chi connectivity index (χ0v) is 19.1. The molecule has 34 heavy (non-hydrogen) atoms. The van der Waals surface area contributed by atoms with Gasteiger partial charge in [0.1, 0.15) is 11.3 Å². The van der Waals surface area contributed by atoms with E-state index >= 15 is 0 Å². The van der Waals surface area contributed by atoms with Crippen LogP contribution in [0, 0.1) is 0 Å². The van der Waals surface area contributed by atoms with E-state index in [0.717, 1.165) is 0 Å². The van der Waals surface area contributed by atoms with Crippen LogP contribution in [0.5, 0.6) is 5.75 Å². The SMILES string of the molecule is O=C(O)COc1ccc(C=C2C(=O)N(c3ccccc3)C(=S)N(c3ccccc3)C2=O)cc1Cl. The Hall–Kier alpha value is -4.01. The van der Waals surface area contributed by atoms with E-state index in [-0.39, 0.29) is 21.5 Å². The number of hydrogen-bond acceptors (Lipinski definition) is 5. The third kappa shape index (κ3) is 4.68. The van der Waals surface area contributed by atoms with Gasteiger partial charge in [-0.15, -0.1) is 0 Å². The van der Waals surface area contributed by atoms with Gasteiger partial charge in [-0.05, 0) is 60.3 Å². The number of hydrogen-bond donors (Lipinski definition) is 1. The van der Waals surface area contributed by atoms with Crippen molar-refractivity contribution in [2.45, 2.75) is 0 Å². The molecule has 7 nitrogen and oxygen atoms in total. The zero-order valence-electron chi connectivity index (χ0n) is 17.6. The van der Waals surface area contributed by atoms with Crippen LogP contribution in [0.2, 0.25) is 5.02 Å². The summed E-state index contributed by atoms with van der Waals surface area (Å²) < 4.78 is 5.13. The average molecular weight is 493 g/mol. The highest BCUT2D eigenvalue weighted by molar-refractivity contribution is 7.81. The van der Waals surface area contributed by atoms with E-state index in [9.17, 15) is 14.4 Å². The van der Waals surface area contributed by atoms with Crippen LogP contribution >= 0.6 is 23.8 Å². The normalized spacial score (nSPS) is 13.8. The van der Waals surface area contributed by atoms with Crippen molar-refractivity contribution in [3.05, 3.63) is 95.0 Å². The van der Waals surface area contributed by atoms with Crippen molar-refractivity contribution in [2.24, 2.45) is 0 Å². The lowest BCUT2D eigenvalue weighted by Gasteiger charge is -2.36. The molecule has 1 aliphatic heterocycles. The number of amides is 2. The van der Waals surface area contributed by atoms with Crippen LogP contribution in [0.3, 0.4) is 0 Å². The predicted octanol–water partition coefficient (Wildman–Crippen LogP) is 4.55. The fraction of sp³-hybridized carbons (Fsp3) is 0.0400. The van der Waals surface area contributed by atoms with E-state index in [1.54, 1.807) is 54.6 Å². The highest BCUT2D eigenvalue weighted by atomic mass is 35.5. The Morgan fingerprint density at radius 1 is 0.912 bits per heavy atom. The molecule has 1 aliphatic rings. The number of thiocarbonyl (C=S) groups is 1. The minimum atomic E-state index is -1.14. The summed E-state index contributed by atoms with van der Waals surface area (Å²) in [6.07, 6.45) is 1.42. The molecule has 0 atom stereocenters. The molecule has 0 spiro atoms. The summed E-state index contributed by atoms with van der Waals surface area (Å²) >= 11 is 11.8. The van der Waals surface area contributed by atoms with E-state index in [1.807, 2.05) is 12.1 Å². The first-order valence-electron chi connectivity index (χ1n) is 10.1. The summed E-state index contributed by atoms with van der Waals surface area (Å²) in [6, 6.07) is 22.2. The topological polar surface area (TPSA) is 87.2 Å². The number of rotatable bonds is 6. The van der Waals surface area contributed by atoms with Crippen LogP contribution in [0.1, 0.15) is 5.56 Å². The number of aliphatic carboxylic acids is 1. The minimum Gasteiger partial charge on any atom is -0.480 e. The molecule has 0 aliphatic carbocycles. The van der Waals surface area contributed by atoms with Crippen molar-refractivity contribution in [3.8, 4) is 5.75 Å². The van der Waals surface area contributed by atoms with Gasteiger partial charge in [-0.2, -0.15) is 0 Å². The second-order valence-corrected chi connectivity index (χ2v) is 7.94. The monoisotopic (exact) mass is 492 g/mol. The van der Waals surface area contributed by atoms with Gasteiger partial charge in [0.2, 0.25) is 0 Å². The van der Waals surface area contributed by atoms with Gasteiger partial charge >= 0.3 is 5.97 Å². The second-order valence-electron chi connectivity index (χ2n) is 7.17. The number of anilines is 2. The van der Waals surface area contributed by atoms with E-state index in [2.05, 4.69) is 0 Å². The number of nitrogens with zero attached hydrogens (tertiary/aromatic N) is 2. The second kappa shape index (κ2) is 9.86. The summed E-state index contributed by atoms with van der Waals surface area (Å²) in [5.74, 6) is -2.12. The molecule has 4 rings (SSSR count). The molecule has 0 bridgehead atoms. The third-order valence-corrected chi connectivity index (χ3v) is 5.56. The standard InChI is InChI=1S/C25H17ClN2O5S/c26-20-14-16(11-12-21(20)33-15-22(29)30)13-19-23(31)27(17-7-3-1-4-8-17)25(34)28(24(19)32)18-9-5-2-6-10-18/h1-14H,15H2,(H,29,30). The molecule has 2 amide bonds. The Kier molecular flexibility index (Phi) is 6.72. The molecule has 0 unspecified atom stereocenters. The summed E-state index contributed by atoms with van der Waals surface area (Å²) in [5, 5.41) is 8.96. The Morgan fingerprint density at radius 3 is 1.91 bits per heavy atom. The van der Waals surface area contributed by atoms with Crippen LogP contribution in [-0.2, 0) is 14.4 Å². The predicted molar refractivity (Wildman–Crippen MR) is 133 cm³/mol. The molecule has 0 aromatic heterocycles. The average Bonchev–Trinajstić information content (AvgIpc) is 2.82. The van der Waals surface area contributed by atoms with Gasteiger partial charge < -0.3 is 9.84 Å². The van der Waals surface area contributed by atoms with Gasteiger partial charge in [0.15, 0.2) is 11.7 Å². The molecule has 170 valence electrons. The first-order valence-corrected chi connectivity index (χ1v) is 10.8. The van der Waals surface area contributed by atoms with Crippen molar-refractivity contribution < 1.29 is 24.2 Å². The van der Waals surface area contributed by atoms with Crippen LogP contribution in [-0.4, -0.2) is 34.6 Å². The number of carboxylic acids is 1. The van der Waals surface area contributed by atoms with E-state index < -0.39 is 24.4 Å². The number of carbonyl (C=O) groups excluding carboxylic acids is 2. The lowest BCUT2D eigenvalue weighted by Crippen LogP contribution is -2.56. The summed E-state index contributed by atoms with van der Waals surface area (Å²) in [7, 11) is 0. The molecule has 1 saturated heterocycles. The maximum absolute atomic E-state index is 13.5. The van der Waals surface area contributed by atoms with Gasteiger partial charge in [0.25, 0.3) is 11.8 Å². The van der Waals surface area contributed by atoms with Crippen molar-refractivity contribution in [3.63, 3.8) is 0 Å². The van der Waals surface area contributed by atoms with Gasteiger partial charge in [-0.1, -0.05) is 54.1 Å². The zero-order chi connectivity index (χ0) is 24.2. The molecule has 1 fully saturated rings. The molecular formula is C25H17ClN2O5S. The quantitative estimate of drug-likeness (QED) is 0.308. The van der Waals surface area contributed by atoms with Crippen molar-refractivity contribution in [2.75, 3.05) is 16.4 Å². The van der Waals surface area contributed by atoms with Gasteiger partial charge in [0, 0.05) is 0 Å². The molecule has 1 N–H and O–H groups in total. The van der Waals surface area contributed by atoms with Crippen LogP contribution < -0.4 is 14.5 Å². The fourth-order valence-corrected chi connectivity index (χ4v) is 3.99. The number of carbonyl (C=O) groups is 3. The Morgan fingerprint density at radius 2 is 1.44 bits per heavy atom. The summed E-state index contributed by atoms with van der Waals surface area (Å²) in [6.45, 7) is -0.549. The van der Waals surface area contributed by atoms with E-state index in [4.69, 9.17) is 33.7 Å². The fourth-order valence-electron chi connectivity index (χ4n) is 3.37. The number of halogens is 1. The molecule has 0 radical (unpaired) electrons. The number of carboxylic acid groups (broad SMARTS) is 1. The van der Waals surface area contributed by atoms with Gasteiger partial charge in [-0.3, -0.25) is 19.4 Å². The summed E-state index contributed by atoms with van der Waals surface area (Å²) in [4.78, 5) is 40.3. The first-order chi connectivity index (χ1) is 16.4. The third-order valence-electron chi connectivity index (χ3n) is 4.90. The van der Waals surface area contributed by atoms with Gasteiger partial charge in [-0.25, -0.2) is 4.79 Å². The van der Waals surface area contributed by atoms with Crippen molar-refractivity contribution >= 4 is 64.2 Å². The molecule has 0 saturated carbocycles.